The first-order chi connectivity index (χ1) is 10.9. The molecule has 3 aromatic carbocycles. The largest absolute Gasteiger partial charge is 0.505 e. The Morgan fingerprint density at radius 3 is 2.13 bits per heavy atom. The van der Waals surface area contributed by atoms with Gasteiger partial charge < -0.3 is 5.11 Å². The molecule has 0 bridgehead atoms. The second-order valence-electron chi connectivity index (χ2n) is 5.24. The summed E-state index contributed by atoms with van der Waals surface area (Å²) in [6, 6.07) is 6.88. The summed E-state index contributed by atoms with van der Waals surface area (Å²) >= 11 is 0. The van der Waals surface area contributed by atoms with Crippen molar-refractivity contribution in [3.63, 3.8) is 0 Å². The van der Waals surface area contributed by atoms with Crippen molar-refractivity contribution in [2.75, 3.05) is 0 Å². The first-order valence-electron chi connectivity index (χ1n) is 7.01. The molecule has 0 fully saturated rings. The van der Waals surface area contributed by atoms with Gasteiger partial charge in [0.2, 0.25) is 0 Å². The zero-order valence-corrected chi connectivity index (χ0v) is 12.1. The van der Waals surface area contributed by atoms with Crippen LogP contribution in [0.3, 0.4) is 0 Å². The minimum Gasteiger partial charge on any atom is -0.505 e. The second-order valence-corrected chi connectivity index (χ2v) is 5.24. The van der Waals surface area contributed by atoms with E-state index in [0.717, 1.165) is 12.1 Å². The minimum absolute atomic E-state index is 0.0299. The van der Waals surface area contributed by atoms with Crippen molar-refractivity contribution in [2.45, 2.75) is 13.3 Å². The summed E-state index contributed by atoms with van der Waals surface area (Å²) in [6.07, 6.45) is 0.463. The van der Waals surface area contributed by atoms with Gasteiger partial charge in [-0.15, -0.1) is 0 Å². The van der Waals surface area contributed by atoms with Crippen LogP contribution in [0.1, 0.15) is 12.5 Å². The van der Waals surface area contributed by atoms with Gasteiger partial charge in [0, 0.05) is 0 Å². The van der Waals surface area contributed by atoms with Crippen molar-refractivity contribution in [1.82, 2.24) is 0 Å². The van der Waals surface area contributed by atoms with Crippen molar-refractivity contribution in [2.24, 2.45) is 0 Å². The average molecular weight is 320 g/mol. The van der Waals surface area contributed by atoms with E-state index in [2.05, 4.69) is 0 Å². The van der Waals surface area contributed by atoms with Crippen molar-refractivity contribution in [3.05, 3.63) is 65.2 Å². The third-order valence-electron chi connectivity index (χ3n) is 3.78. The Bertz CT molecular complexity index is 896. The Labute approximate surface area is 129 Å². The first kappa shape index (κ1) is 15.3. The molecule has 0 saturated heterocycles. The van der Waals surface area contributed by atoms with Gasteiger partial charge in [0.1, 0.15) is 17.5 Å². The highest BCUT2D eigenvalue weighted by molar-refractivity contribution is 5.89. The van der Waals surface area contributed by atoms with E-state index in [4.69, 9.17) is 0 Å². The van der Waals surface area contributed by atoms with Gasteiger partial charge >= 0.3 is 0 Å². The van der Waals surface area contributed by atoms with Gasteiger partial charge in [-0.3, -0.25) is 0 Å². The van der Waals surface area contributed by atoms with Crippen LogP contribution in [0.5, 0.6) is 5.75 Å². The molecule has 3 rings (SSSR count). The van der Waals surface area contributed by atoms with E-state index in [1.165, 1.54) is 24.3 Å². The summed E-state index contributed by atoms with van der Waals surface area (Å²) in [5.74, 6) is -4.40. The van der Waals surface area contributed by atoms with Crippen LogP contribution in [-0.4, -0.2) is 5.11 Å². The zero-order chi connectivity index (χ0) is 16.7. The highest BCUT2D eigenvalue weighted by Gasteiger charge is 2.17. The fourth-order valence-electron chi connectivity index (χ4n) is 2.61. The summed E-state index contributed by atoms with van der Waals surface area (Å²) in [5, 5.41) is 9.00. The molecule has 0 radical (unpaired) electrons. The van der Waals surface area contributed by atoms with Crippen molar-refractivity contribution in [1.29, 1.82) is 0 Å². The molecular weight excluding hydrogens is 308 g/mol. The lowest BCUT2D eigenvalue weighted by Crippen LogP contribution is -1.95. The summed E-state index contributed by atoms with van der Waals surface area (Å²) in [4.78, 5) is 0. The molecule has 0 aromatic heterocycles. The summed E-state index contributed by atoms with van der Waals surface area (Å²) in [5.41, 5.74) is 0.0928. The maximum atomic E-state index is 14.2. The number of phenols is 1. The van der Waals surface area contributed by atoms with E-state index in [1.807, 2.05) is 0 Å². The lowest BCUT2D eigenvalue weighted by molar-refractivity contribution is 0.435. The topological polar surface area (TPSA) is 20.2 Å². The Hall–Kier alpha value is -2.56. The molecule has 1 N–H and O–H groups in total. The van der Waals surface area contributed by atoms with Gasteiger partial charge in [-0.25, -0.2) is 17.6 Å². The lowest BCUT2D eigenvalue weighted by Gasteiger charge is -2.10. The zero-order valence-electron chi connectivity index (χ0n) is 12.1. The second kappa shape index (κ2) is 5.57. The molecule has 0 atom stereocenters. The van der Waals surface area contributed by atoms with Crippen LogP contribution in [0, 0.1) is 23.3 Å². The fraction of sp³-hybridized carbons (Fsp3) is 0.111. The number of aryl methyl sites for hydroxylation is 1. The van der Waals surface area contributed by atoms with Crippen LogP contribution in [0.25, 0.3) is 21.9 Å². The Morgan fingerprint density at radius 1 is 0.870 bits per heavy atom. The van der Waals surface area contributed by atoms with Gasteiger partial charge in [-0.2, -0.15) is 0 Å². The van der Waals surface area contributed by atoms with E-state index >= 15 is 0 Å². The molecule has 0 unspecified atom stereocenters. The van der Waals surface area contributed by atoms with Gasteiger partial charge in [0.05, 0.1) is 10.9 Å². The highest BCUT2D eigenvalue weighted by Crippen LogP contribution is 2.34. The van der Waals surface area contributed by atoms with Crippen LogP contribution < -0.4 is 0 Å². The van der Waals surface area contributed by atoms with Crippen LogP contribution >= 0.6 is 0 Å². The third kappa shape index (κ3) is 2.52. The van der Waals surface area contributed by atoms with Gasteiger partial charge in [-0.05, 0) is 53.3 Å². The number of rotatable bonds is 2. The van der Waals surface area contributed by atoms with E-state index in [1.54, 1.807) is 6.92 Å². The monoisotopic (exact) mass is 320 g/mol. The molecule has 23 heavy (non-hydrogen) atoms. The van der Waals surface area contributed by atoms with Crippen LogP contribution in [-0.2, 0) is 6.42 Å². The average Bonchev–Trinajstić information content (AvgIpc) is 2.50. The predicted molar refractivity (Wildman–Crippen MR) is 80.3 cm³/mol. The van der Waals surface area contributed by atoms with Crippen molar-refractivity contribution < 1.29 is 22.7 Å². The van der Waals surface area contributed by atoms with Crippen molar-refractivity contribution in [3.8, 4) is 16.9 Å². The predicted octanol–water partition coefficient (Wildman–Crippen LogP) is 5.33. The molecule has 1 nitrogen and oxygen atoms in total. The Kier molecular flexibility index (Phi) is 3.72. The van der Waals surface area contributed by atoms with E-state index in [0.29, 0.717) is 12.0 Å². The van der Waals surface area contributed by atoms with E-state index in [-0.39, 0.29) is 16.5 Å². The molecular formula is C18H12F4O. The molecule has 5 heteroatoms. The number of benzene rings is 3. The normalized spacial score (nSPS) is 11.2. The number of phenolic OH excluding ortho intramolecular Hbond substituents is 1. The Morgan fingerprint density at radius 2 is 1.52 bits per heavy atom. The number of aromatic hydroxyl groups is 1. The number of hydrogen-bond acceptors (Lipinski definition) is 1. The lowest BCUT2D eigenvalue weighted by atomic mass is 9.98. The summed E-state index contributed by atoms with van der Waals surface area (Å²) in [6.45, 7) is 1.76. The molecule has 0 aliphatic rings. The molecule has 0 amide bonds. The molecule has 0 aliphatic heterocycles. The van der Waals surface area contributed by atoms with Crippen LogP contribution in [0.15, 0.2) is 36.4 Å². The molecule has 0 spiro atoms. The summed E-state index contributed by atoms with van der Waals surface area (Å²) < 4.78 is 56.4. The van der Waals surface area contributed by atoms with Gasteiger partial charge in [0.25, 0.3) is 0 Å². The van der Waals surface area contributed by atoms with Gasteiger partial charge in [-0.1, -0.05) is 13.0 Å². The van der Waals surface area contributed by atoms with Gasteiger partial charge in [0.15, 0.2) is 11.6 Å². The Balaban J connectivity index is 2.28. The fourth-order valence-corrected chi connectivity index (χ4v) is 2.61. The number of fused-ring (bicyclic) bond motifs is 1. The molecule has 0 heterocycles. The maximum Gasteiger partial charge on any atom is 0.175 e. The van der Waals surface area contributed by atoms with Crippen LogP contribution in [0.4, 0.5) is 17.6 Å². The first-order valence-corrected chi connectivity index (χ1v) is 7.01. The maximum absolute atomic E-state index is 14.2. The molecule has 3 aromatic rings. The SMILES string of the molecule is CCc1cc(F)c(-c2cc(F)c3c(F)c(O)ccc3c2)c(F)c1. The van der Waals surface area contributed by atoms with E-state index in [9.17, 15) is 22.7 Å². The quantitative estimate of drug-likeness (QED) is 0.633. The molecule has 0 aliphatic carbocycles. The van der Waals surface area contributed by atoms with Crippen LogP contribution in [0.2, 0.25) is 0 Å². The highest BCUT2D eigenvalue weighted by atomic mass is 19.1. The smallest absolute Gasteiger partial charge is 0.175 e. The molecule has 118 valence electrons. The minimum atomic E-state index is -1.10. The number of halogens is 4. The standard InChI is InChI=1S/C18H12F4O/c1-2-9-5-12(19)16(13(20)6-9)11-7-10-3-4-15(23)18(22)17(10)14(21)8-11/h3-8,23H,2H2,1H3. The third-order valence-corrected chi connectivity index (χ3v) is 3.78. The summed E-state index contributed by atoms with van der Waals surface area (Å²) in [7, 11) is 0. The van der Waals surface area contributed by atoms with Crippen molar-refractivity contribution >= 4 is 10.8 Å². The number of hydrogen-bond donors (Lipinski definition) is 1. The molecule has 0 saturated carbocycles. The van der Waals surface area contributed by atoms with E-state index < -0.39 is 34.4 Å².